The number of phenols is 1. The Hall–Kier alpha value is -3.61. The first kappa shape index (κ1) is 26.5. The summed E-state index contributed by atoms with van der Waals surface area (Å²) < 4.78 is 36.0. The van der Waals surface area contributed by atoms with Gasteiger partial charge in [-0.3, -0.25) is 14.6 Å². The van der Waals surface area contributed by atoms with Gasteiger partial charge in [0.15, 0.2) is 11.5 Å². The molecule has 11 nitrogen and oxygen atoms in total. The predicted octanol–water partition coefficient (Wildman–Crippen LogP) is 1.44. The summed E-state index contributed by atoms with van der Waals surface area (Å²) in [5, 5.41) is 14.9. The van der Waals surface area contributed by atoms with Crippen molar-refractivity contribution in [1.29, 1.82) is 0 Å². The Balaban J connectivity index is 1.29. The van der Waals surface area contributed by atoms with Crippen LogP contribution in [0.3, 0.4) is 0 Å². The molecule has 1 amide bonds. The number of methoxy groups -OCH3 is 2. The first-order valence-corrected chi connectivity index (χ1v) is 13.6. The maximum Gasteiger partial charge on any atom is 0.254 e. The number of carbonyl (C=O) groups is 1. The standard InChI is InChI=1S/C25H31N5O6S/c1-35-22-12-18(13-23(36-2)25(22)32)14-26-27-24(31)17-29-10-8-28(9-11-29)15-19-16-30(37(3,33)34)21-7-5-4-6-20(19)21/h4-7,12-14,16,32H,8-11,15,17H2,1-3H3,(H,27,31)/b26-14-. The number of hydrazone groups is 1. The highest BCUT2D eigenvalue weighted by atomic mass is 32.2. The fourth-order valence-electron chi connectivity index (χ4n) is 4.37. The maximum absolute atomic E-state index is 12.4. The molecule has 1 aliphatic heterocycles. The van der Waals surface area contributed by atoms with Crippen LogP contribution in [0.2, 0.25) is 0 Å². The Morgan fingerprint density at radius 2 is 1.70 bits per heavy atom. The number of hydrogen-bond acceptors (Lipinski definition) is 9. The van der Waals surface area contributed by atoms with Gasteiger partial charge in [0.1, 0.15) is 0 Å². The molecule has 0 atom stereocenters. The fourth-order valence-corrected chi connectivity index (χ4v) is 5.21. The quantitative estimate of drug-likeness (QED) is 0.315. The summed E-state index contributed by atoms with van der Waals surface area (Å²) in [5.41, 5.74) is 4.77. The van der Waals surface area contributed by atoms with Crippen LogP contribution in [0.4, 0.5) is 0 Å². The van der Waals surface area contributed by atoms with Crippen LogP contribution in [0.25, 0.3) is 10.9 Å². The second kappa shape index (κ2) is 11.2. The number of piperazine rings is 1. The zero-order chi connectivity index (χ0) is 26.6. The first-order chi connectivity index (χ1) is 17.7. The molecule has 2 N–H and O–H groups in total. The number of hydrogen-bond donors (Lipinski definition) is 2. The van der Waals surface area contributed by atoms with E-state index in [1.54, 1.807) is 18.3 Å². The van der Waals surface area contributed by atoms with Gasteiger partial charge in [-0.2, -0.15) is 5.10 Å². The van der Waals surface area contributed by atoms with Gasteiger partial charge in [0, 0.05) is 49.9 Å². The number of nitrogens with zero attached hydrogens (tertiary/aromatic N) is 4. The van der Waals surface area contributed by atoms with Crippen molar-refractivity contribution in [2.45, 2.75) is 6.54 Å². The lowest BCUT2D eigenvalue weighted by molar-refractivity contribution is -0.122. The van der Waals surface area contributed by atoms with E-state index in [0.29, 0.717) is 30.7 Å². The van der Waals surface area contributed by atoms with Gasteiger partial charge in [0.2, 0.25) is 15.8 Å². The van der Waals surface area contributed by atoms with Crippen LogP contribution in [-0.2, 0) is 21.4 Å². The Labute approximate surface area is 215 Å². The largest absolute Gasteiger partial charge is 0.502 e. The zero-order valence-corrected chi connectivity index (χ0v) is 21.9. The van der Waals surface area contributed by atoms with Gasteiger partial charge >= 0.3 is 0 Å². The number of rotatable bonds is 9. The number of para-hydroxylation sites is 1. The lowest BCUT2D eigenvalue weighted by atomic mass is 10.1. The van der Waals surface area contributed by atoms with Gasteiger partial charge in [-0.05, 0) is 23.8 Å². The fraction of sp³-hybridized carbons (Fsp3) is 0.360. The average molecular weight is 530 g/mol. The molecule has 3 aromatic rings. The molecular weight excluding hydrogens is 498 g/mol. The van der Waals surface area contributed by atoms with Gasteiger partial charge in [-0.1, -0.05) is 18.2 Å². The van der Waals surface area contributed by atoms with Crippen molar-refractivity contribution in [1.82, 2.24) is 19.2 Å². The van der Waals surface area contributed by atoms with Crippen molar-refractivity contribution >= 4 is 33.0 Å². The number of amides is 1. The minimum atomic E-state index is -3.40. The van der Waals surface area contributed by atoms with E-state index in [-0.39, 0.29) is 29.7 Å². The van der Waals surface area contributed by atoms with Crippen molar-refractivity contribution in [3.8, 4) is 17.2 Å². The number of benzene rings is 2. The van der Waals surface area contributed by atoms with Crippen LogP contribution in [0, 0.1) is 0 Å². The van der Waals surface area contributed by atoms with Crippen molar-refractivity contribution in [3.63, 3.8) is 0 Å². The second-order valence-electron chi connectivity index (χ2n) is 8.85. The Morgan fingerprint density at radius 1 is 1.08 bits per heavy atom. The lowest BCUT2D eigenvalue weighted by Crippen LogP contribution is -2.48. The van der Waals surface area contributed by atoms with E-state index in [0.717, 1.165) is 24.0 Å². The normalized spacial score (nSPS) is 15.3. The third-order valence-electron chi connectivity index (χ3n) is 6.25. The van der Waals surface area contributed by atoms with Crippen LogP contribution in [-0.4, -0.2) is 92.6 Å². The van der Waals surface area contributed by atoms with E-state index in [4.69, 9.17) is 9.47 Å². The van der Waals surface area contributed by atoms with Crippen molar-refractivity contribution in [2.24, 2.45) is 5.10 Å². The SMILES string of the molecule is COc1cc(/C=N\NC(=O)CN2CCN(Cc3cn(S(C)(=O)=O)c4ccccc34)CC2)cc(OC)c1O. The number of carbonyl (C=O) groups excluding carboxylic acids is 1. The molecule has 0 bridgehead atoms. The smallest absolute Gasteiger partial charge is 0.254 e. The van der Waals surface area contributed by atoms with E-state index >= 15 is 0 Å². The van der Waals surface area contributed by atoms with Gasteiger partial charge < -0.3 is 14.6 Å². The molecule has 0 radical (unpaired) electrons. The Morgan fingerprint density at radius 3 is 2.32 bits per heavy atom. The first-order valence-electron chi connectivity index (χ1n) is 11.7. The van der Waals surface area contributed by atoms with Crippen LogP contribution < -0.4 is 14.9 Å². The summed E-state index contributed by atoms with van der Waals surface area (Å²) in [6.07, 6.45) is 4.36. The molecule has 1 fully saturated rings. The second-order valence-corrected chi connectivity index (χ2v) is 10.7. The molecule has 2 heterocycles. The monoisotopic (exact) mass is 529 g/mol. The van der Waals surface area contributed by atoms with Crippen LogP contribution >= 0.6 is 0 Å². The van der Waals surface area contributed by atoms with Crippen molar-refractivity contribution < 1.29 is 27.8 Å². The average Bonchev–Trinajstić information content (AvgIpc) is 3.25. The summed E-state index contributed by atoms with van der Waals surface area (Å²) in [7, 11) is -0.525. The molecule has 37 heavy (non-hydrogen) atoms. The zero-order valence-electron chi connectivity index (χ0n) is 21.0. The van der Waals surface area contributed by atoms with Crippen molar-refractivity contribution in [3.05, 3.63) is 53.7 Å². The Bertz CT molecular complexity index is 1390. The van der Waals surface area contributed by atoms with E-state index < -0.39 is 10.0 Å². The van der Waals surface area contributed by atoms with Gasteiger partial charge in [0.05, 0.1) is 38.8 Å². The van der Waals surface area contributed by atoms with E-state index in [1.807, 2.05) is 29.2 Å². The minimum absolute atomic E-state index is 0.105. The van der Waals surface area contributed by atoms with Crippen molar-refractivity contribution in [2.75, 3.05) is 53.2 Å². The molecule has 0 spiro atoms. The lowest BCUT2D eigenvalue weighted by Gasteiger charge is -2.34. The third kappa shape index (κ3) is 6.21. The van der Waals surface area contributed by atoms with Gasteiger partial charge in [-0.25, -0.2) is 17.8 Å². The number of ether oxygens (including phenoxy) is 2. The maximum atomic E-state index is 12.4. The van der Waals surface area contributed by atoms with Crippen LogP contribution in [0.15, 0.2) is 47.7 Å². The molecule has 198 valence electrons. The minimum Gasteiger partial charge on any atom is -0.502 e. The molecule has 1 aromatic heterocycles. The number of fused-ring (bicyclic) bond motifs is 1. The highest BCUT2D eigenvalue weighted by Crippen LogP contribution is 2.36. The summed E-state index contributed by atoms with van der Waals surface area (Å²) >= 11 is 0. The molecule has 0 unspecified atom stereocenters. The van der Waals surface area contributed by atoms with Gasteiger partial charge in [0.25, 0.3) is 5.91 Å². The van der Waals surface area contributed by atoms with Crippen LogP contribution in [0.5, 0.6) is 17.2 Å². The number of aromatic hydroxyl groups is 1. The molecular formula is C25H31N5O6S. The number of nitrogens with one attached hydrogen (secondary N) is 1. The number of aromatic nitrogens is 1. The summed E-state index contributed by atoms with van der Waals surface area (Å²) in [5.74, 6) is 0.141. The van der Waals surface area contributed by atoms with Gasteiger partial charge in [-0.15, -0.1) is 0 Å². The summed E-state index contributed by atoms with van der Waals surface area (Å²) in [4.78, 5) is 16.7. The molecule has 2 aromatic carbocycles. The summed E-state index contributed by atoms with van der Waals surface area (Å²) in [6, 6.07) is 10.7. The molecule has 4 rings (SSSR count). The van der Waals surface area contributed by atoms with Crippen LogP contribution in [0.1, 0.15) is 11.1 Å². The third-order valence-corrected chi connectivity index (χ3v) is 7.27. The molecule has 1 aliphatic rings. The predicted molar refractivity (Wildman–Crippen MR) is 141 cm³/mol. The highest BCUT2D eigenvalue weighted by Gasteiger charge is 2.21. The Kier molecular flexibility index (Phi) is 8.00. The van der Waals surface area contributed by atoms with E-state index in [9.17, 15) is 18.3 Å². The molecule has 0 saturated carbocycles. The van der Waals surface area contributed by atoms with E-state index in [1.165, 1.54) is 30.7 Å². The molecule has 0 aliphatic carbocycles. The number of phenolic OH excluding ortho intramolecular Hbond substituents is 1. The topological polar surface area (TPSA) is 126 Å². The summed E-state index contributed by atoms with van der Waals surface area (Å²) in [6.45, 7) is 3.75. The molecule has 12 heteroatoms. The highest BCUT2D eigenvalue weighted by molar-refractivity contribution is 7.89. The van der Waals surface area contributed by atoms with E-state index in [2.05, 4.69) is 15.4 Å². The molecule has 1 saturated heterocycles.